The fourth-order valence-corrected chi connectivity index (χ4v) is 3.16. The van der Waals surface area contributed by atoms with E-state index in [4.69, 9.17) is 0 Å². The van der Waals surface area contributed by atoms with Crippen LogP contribution in [0.15, 0.2) is 24.3 Å². The second kappa shape index (κ2) is 6.73. The van der Waals surface area contributed by atoms with E-state index < -0.39 is 0 Å². The monoisotopic (exact) mass is 274 g/mol. The average Bonchev–Trinajstić information content (AvgIpc) is 2.75. The van der Waals surface area contributed by atoms with Crippen molar-refractivity contribution in [3.8, 4) is 0 Å². The maximum atomic E-state index is 3.64. The van der Waals surface area contributed by atoms with Gasteiger partial charge in [-0.15, -0.1) is 0 Å². The molecule has 2 nitrogen and oxygen atoms in total. The quantitative estimate of drug-likeness (QED) is 0.849. The molecule has 1 aliphatic heterocycles. The van der Waals surface area contributed by atoms with Crippen molar-refractivity contribution in [1.82, 2.24) is 10.2 Å². The summed E-state index contributed by atoms with van der Waals surface area (Å²) in [7, 11) is 0. The van der Waals surface area contributed by atoms with Crippen LogP contribution >= 0.6 is 0 Å². The molecule has 0 amide bonds. The molecular formula is C18H30N2. The molecule has 1 unspecified atom stereocenters. The maximum Gasteiger partial charge on any atom is 0.0332 e. The molecule has 0 bridgehead atoms. The Morgan fingerprint density at radius 3 is 2.50 bits per heavy atom. The highest BCUT2D eigenvalue weighted by Gasteiger charge is 2.29. The summed E-state index contributed by atoms with van der Waals surface area (Å²) in [6.07, 6.45) is 2.54. The molecule has 1 fully saturated rings. The molecule has 1 aromatic rings. The third-order valence-corrected chi connectivity index (χ3v) is 4.42. The lowest BCUT2D eigenvalue weighted by Gasteiger charge is -2.24. The van der Waals surface area contributed by atoms with Crippen molar-refractivity contribution in [2.45, 2.75) is 46.6 Å². The Morgan fingerprint density at radius 1 is 1.25 bits per heavy atom. The number of hydrogen-bond donors (Lipinski definition) is 1. The number of hydrogen-bond acceptors (Lipinski definition) is 2. The molecule has 1 N–H and O–H groups in total. The normalized spacial score (nSPS) is 20.2. The van der Waals surface area contributed by atoms with Crippen LogP contribution in [0, 0.1) is 12.3 Å². The summed E-state index contributed by atoms with van der Waals surface area (Å²) >= 11 is 0. The second-order valence-electron chi connectivity index (χ2n) is 7.00. The molecule has 2 heteroatoms. The standard InChI is InChI=1S/C18H30N2/c1-5-19-17(16-8-6-15(2)7-9-16)10-12-20-13-11-18(3,4)14-20/h6-9,17,19H,5,10-14H2,1-4H3. The van der Waals surface area contributed by atoms with Gasteiger partial charge in [-0.1, -0.05) is 50.6 Å². The molecule has 1 aromatic carbocycles. The molecule has 2 rings (SSSR count). The Kier molecular flexibility index (Phi) is 5.22. The van der Waals surface area contributed by atoms with Gasteiger partial charge in [0.2, 0.25) is 0 Å². The fourth-order valence-electron chi connectivity index (χ4n) is 3.16. The Bertz CT molecular complexity index is 408. The molecule has 112 valence electrons. The summed E-state index contributed by atoms with van der Waals surface area (Å²) < 4.78 is 0. The maximum absolute atomic E-state index is 3.64. The number of nitrogens with one attached hydrogen (secondary N) is 1. The van der Waals surface area contributed by atoms with Gasteiger partial charge >= 0.3 is 0 Å². The smallest absolute Gasteiger partial charge is 0.0332 e. The second-order valence-corrected chi connectivity index (χ2v) is 7.00. The molecule has 1 heterocycles. The van der Waals surface area contributed by atoms with E-state index >= 15 is 0 Å². The number of aryl methyl sites for hydroxylation is 1. The van der Waals surface area contributed by atoms with Crippen LogP contribution in [0.1, 0.15) is 50.8 Å². The van der Waals surface area contributed by atoms with Crippen LogP contribution in [0.5, 0.6) is 0 Å². The van der Waals surface area contributed by atoms with Crippen molar-refractivity contribution in [2.24, 2.45) is 5.41 Å². The van der Waals surface area contributed by atoms with E-state index in [1.807, 2.05) is 0 Å². The lowest BCUT2D eigenvalue weighted by Crippen LogP contribution is -2.29. The Labute approximate surface area is 124 Å². The summed E-state index contributed by atoms with van der Waals surface area (Å²) in [5.74, 6) is 0. The fraction of sp³-hybridized carbons (Fsp3) is 0.667. The molecule has 0 radical (unpaired) electrons. The summed E-state index contributed by atoms with van der Waals surface area (Å²) in [6.45, 7) is 13.9. The van der Waals surface area contributed by atoms with Gasteiger partial charge in [0.1, 0.15) is 0 Å². The van der Waals surface area contributed by atoms with Crippen LogP contribution in [0.3, 0.4) is 0 Å². The van der Waals surface area contributed by atoms with Gasteiger partial charge in [0, 0.05) is 12.6 Å². The molecule has 0 saturated carbocycles. The zero-order chi connectivity index (χ0) is 14.6. The van der Waals surface area contributed by atoms with Gasteiger partial charge in [-0.25, -0.2) is 0 Å². The summed E-state index contributed by atoms with van der Waals surface area (Å²) in [6, 6.07) is 9.48. The van der Waals surface area contributed by atoms with E-state index in [2.05, 4.69) is 62.2 Å². The Balaban J connectivity index is 1.91. The molecule has 1 saturated heterocycles. The third-order valence-electron chi connectivity index (χ3n) is 4.42. The highest BCUT2D eigenvalue weighted by Crippen LogP contribution is 2.29. The van der Waals surface area contributed by atoms with Gasteiger partial charge in [0.25, 0.3) is 0 Å². The molecule has 1 aliphatic rings. The predicted molar refractivity (Wildman–Crippen MR) is 87.1 cm³/mol. The molecule has 0 aliphatic carbocycles. The third kappa shape index (κ3) is 4.32. The number of nitrogens with zero attached hydrogens (tertiary/aromatic N) is 1. The van der Waals surface area contributed by atoms with Crippen molar-refractivity contribution >= 4 is 0 Å². The Morgan fingerprint density at radius 2 is 1.95 bits per heavy atom. The zero-order valence-electron chi connectivity index (χ0n) is 13.6. The van der Waals surface area contributed by atoms with Gasteiger partial charge < -0.3 is 10.2 Å². The molecule has 0 aromatic heterocycles. The number of likely N-dealkylation sites (tertiary alicyclic amines) is 1. The van der Waals surface area contributed by atoms with Crippen molar-refractivity contribution in [3.63, 3.8) is 0 Å². The van der Waals surface area contributed by atoms with Crippen molar-refractivity contribution in [2.75, 3.05) is 26.2 Å². The zero-order valence-corrected chi connectivity index (χ0v) is 13.6. The van der Waals surface area contributed by atoms with Gasteiger partial charge in [-0.05, 0) is 50.4 Å². The first kappa shape index (κ1) is 15.5. The summed E-state index contributed by atoms with van der Waals surface area (Å²) in [4.78, 5) is 2.62. The van der Waals surface area contributed by atoms with Crippen LogP contribution < -0.4 is 5.32 Å². The Hall–Kier alpha value is -0.860. The van der Waals surface area contributed by atoms with E-state index in [9.17, 15) is 0 Å². The molecule has 1 atom stereocenters. The predicted octanol–water partition coefficient (Wildman–Crippen LogP) is 3.77. The van der Waals surface area contributed by atoms with Crippen LogP contribution in [0.4, 0.5) is 0 Å². The number of rotatable bonds is 6. The minimum atomic E-state index is 0.490. The summed E-state index contributed by atoms with van der Waals surface area (Å²) in [5.41, 5.74) is 3.28. The van der Waals surface area contributed by atoms with E-state index in [1.165, 1.54) is 43.6 Å². The number of benzene rings is 1. The topological polar surface area (TPSA) is 15.3 Å². The van der Waals surface area contributed by atoms with Crippen LogP contribution in [-0.2, 0) is 0 Å². The van der Waals surface area contributed by atoms with Gasteiger partial charge in [0.15, 0.2) is 0 Å². The van der Waals surface area contributed by atoms with Gasteiger partial charge in [-0.3, -0.25) is 0 Å². The molecule has 0 spiro atoms. The van der Waals surface area contributed by atoms with Crippen molar-refractivity contribution < 1.29 is 0 Å². The van der Waals surface area contributed by atoms with Crippen LogP contribution in [-0.4, -0.2) is 31.1 Å². The molecular weight excluding hydrogens is 244 g/mol. The van der Waals surface area contributed by atoms with Gasteiger partial charge in [0.05, 0.1) is 0 Å². The lowest BCUT2D eigenvalue weighted by atomic mass is 9.93. The SMILES string of the molecule is CCNC(CCN1CCC(C)(C)C1)c1ccc(C)cc1. The minimum Gasteiger partial charge on any atom is -0.310 e. The van der Waals surface area contributed by atoms with Crippen LogP contribution in [0.2, 0.25) is 0 Å². The molecule has 20 heavy (non-hydrogen) atoms. The summed E-state index contributed by atoms with van der Waals surface area (Å²) in [5, 5.41) is 3.64. The van der Waals surface area contributed by atoms with Crippen molar-refractivity contribution in [1.29, 1.82) is 0 Å². The van der Waals surface area contributed by atoms with E-state index in [0.717, 1.165) is 6.54 Å². The largest absolute Gasteiger partial charge is 0.310 e. The van der Waals surface area contributed by atoms with Crippen LogP contribution in [0.25, 0.3) is 0 Å². The first-order chi connectivity index (χ1) is 9.50. The lowest BCUT2D eigenvalue weighted by molar-refractivity contribution is 0.274. The van der Waals surface area contributed by atoms with E-state index in [-0.39, 0.29) is 0 Å². The van der Waals surface area contributed by atoms with Crippen molar-refractivity contribution in [3.05, 3.63) is 35.4 Å². The highest BCUT2D eigenvalue weighted by atomic mass is 15.2. The van der Waals surface area contributed by atoms with E-state index in [1.54, 1.807) is 0 Å². The highest BCUT2D eigenvalue weighted by molar-refractivity contribution is 5.24. The minimum absolute atomic E-state index is 0.490. The average molecular weight is 274 g/mol. The van der Waals surface area contributed by atoms with Gasteiger partial charge in [-0.2, -0.15) is 0 Å². The first-order valence-electron chi connectivity index (χ1n) is 8.02. The van der Waals surface area contributed by atoms with E-state index in [0.29, 0.717) is 11.5 Å². The first-order valence-corrected chi connectivity index (χ1v) is 8.02.